The van der Waals surface area contributed by atoms with Crippen molar-refractivity contribution in [1.82, 2.24) is 5.32 Å². The molecule has 1 aromatic rings. The molecule has 0 aliphatic heterocycles. The van der Waals surface area contributed by atoms with Gasteiger partial charge in [-0.25, -0.2) is 4.39 Å². The molecule has 0 saturated heterocycles. The molecule has 0 atom stereocenters. The fraction of sp³-hybridized carbons (Fsp3) is 0.462. The first-order valence-electron chi connectivity index (χ1n) is 5.98. The van der Waals surface area contributed by atoms with Crippen LogP contribution >= 0.6 is 0 Å². The van der Waals surface area contributed by atoms with Crippen LogP contribution in [0.1, 0.15) is 28.8 Å². The van der Waals surface area contributed by atoms with Crippen LogP contribution in [0.3, 0.4) is 0 Å². The van der Waals surface area contributed by atoms with Gasteiger partial charge in [0.1, 0.15) is 5.82 Å². The van der Waals surface area contributed by atoms with Gasteiger partial charge in [0.05, 0.1) is 12.1 Å². The van der Waals surface area contributed by atoms with Gasteiger partial charge in [0.25, 0.3) is 0 Å². The van der Waals surface area contributed by atoms with Crippen LogP contribution in [-0.2, 0) is 6.18 Å². The predicted octanol–water partition coefficient (Wildman–Crippen LogP) is 3.03. The summed E-state index contributed by atoms with van der Waals surface area (Å²) in [5.74, 6) is -1.23. The lowest BCUT2D eigenvalue weighted by molar-refractivity contribution is -0.140. The maximum Gasteiger partial charge on any atom is 0.419 e. The molecule has 104 valence electrons. The maximum absolute atomic E-state index is 13.3. The molecular formula is C13H13F4NO. The molecule has 1 aromatic carbocycles. The summed E-state index contributed by atoms with van der Waals surface area (Å²) in [6.07, 6.45) is -2.47. The van der Waals surface area contributed by atoms with E-state index >= 15 is 0 Å². The Bertz CT molecular complexity index is 480. The predicted molar refractivity (Wildman–Crippen MR) is 61.3 cm³/mol. The molecule has 0 radical (unpaired) electrons. The first kappa shape index (κ1) is 14.0. The van der Waals surface area contributed by atoms with E-state index in [4.69, 9.17) is 0 Å². The van der Waals surface area contributed by atoms with Crippen molar-refractivity contribution in [1.29, 1.82) is 0 Å². The highest BCUT2D eigenvalue weighted by atomic mass is 19.4. The lowest BCUT2D eigenvalue weighted by Crippen LogP contribution is -2.25. The van der Waals surface area contributed by atoms with Crippen LogP contribution in [0.15, 0.2) is 18.2 Å². The lowest BCUT2D eigenvalue weighted by atomic mass is 10.1. The van der Waals surface area contributed by atoms with Crippen molar-refractivity contribution in [3.8, 4) is 0 Å². The second kappa shape index (κ2) is 5.28. The van der Waals surface area contributed by atoms with Crippen molar-refractivity contribution in [2.75, 3.05) is 13.1 Å². The summed E-state index contributed by atoms with van der Waals surface area (Å²) in [5, 5.41) is 2.92. The fourth-order valence-corrected chi connectivity index (χ4v) is 1.73. The smallest absolute Gasteiger partial charge is 0.309 e. The minimum atomic E-state index is -4.74. The first-order valence-corrected chi connectivity index (χ1v) is 5.98. The monoisotopic (exact) mass is 275 g/mol. The number of halogens is 4. The second-order valence-corrected chi connectivity index (χ2v) is 4.69. The molecule has 1 aliphatic rings. The number of hydrogen-bond donors (Lipinski definition) is 1. The summed E-state index contributed by atoms with van der Waals surface area (Å²) < 4.78 is 50.3. The molecule has 1 N–H and O–H groups in total. The number of nitrogens with one attached hydrogen (secondary N) is 1. The number of carbonyl (C=O) groups is 1. The Morgan fingerprint density at radius 1 is 1.32 bits per heavy atom. The molecule has 19 heavy (non-hydrogen) atoms. The molecule has 0 spiro atoms. The summed E-state index contributed by atoms with van der Waals surface area (Å²) in [7, 11) is 0. The van der Waals surface area contributed by atoms with Crippen molar-refractivity contribution in [2.24, 2.45) is 5.92 Å². The molecule has 1 fully saturated rings. The van der Waals surface area contributed by atoms with E-state index < -0.39 is 23.3 Å². The van der Waals surface area contributed by atoms with Gasteiger partial charge in [-0.05, 0) is 37.4 Å². The molecule has 1 saturated carbocycles. The van der Waals surface area contributed by atoms with E-state index in [0.717, 1.165) is 25.5 Å². The third kappa shape index (κ3) is 3.76. The Labute approximate surface area is 107 Å². The van der Waals surface area contributed by atoms with E-state index in [9.17, 15) is 22.4 Å². The van der Waals surface area contributed by atoms with Gasteiger partial charge in [0.2, 0.25) is 0 Å². The van der Waals surface area contributed by atoms with Crippen molar-refractivity contribution < 1.29 is 22.4 Å². The summed E-state index contributed by atoms with van der Waals surface area (Å²) >= 11 is 0. The fourth-order valence-electron chi connectivity index (χ4n) is 1.73. The van der Waals surface area contributed by atoms with Crippen LogP contribution in [0.4, 0.5) is 17.6 Å². The Kier molecular flexibility index (Phi) is 3.89. The second-order valence-electron chi connectivity index (χ2n) is 4.69. The Morgan fingerprint density at radius 3 is 2.53 bits per heavy atom. The highest BCUT2D eigenvalue weighted by molar-refractivity contribution is 5.97. The zero-order valence-electron chi connectivity index (χ0n) is 10.1. The number of hydrogen-bond acceptors (Lipinski definition) is 2. The number of carbonyl (C=O) groups excluding carboxylic acids is 1. The number of ketones is 1. The van der Waals surface area contributed by atoms with E-state index in [2.05, 4.69) is 5.32 Å². The Morgan fingerprint density at radius 2 is 2.00 bits per heavy atom. The van der Waals surface area contributed by atoms with E-state index in [1.165, 1.54) is 0 Å². The largest absolute Gasteiger partial charge is 0.419 e. The highest BCUT2D eigenvalue weighted by Gasteiger charge is 2.34. The summed E-state index contributed by atoms with van der Waals surface area (Å²) in [4.78, 5) is 11.6. The molecule has 0 amide bonds. The average Bonchev–Trinajstić information content (AvgIpc) is 3.11. The van der Waals surface area contributed by atoms with Gasteiger partial charge in [0.15, 0.2) is 5.78 Å². The Hall–Kier alpha value is -1.43. The van der Waals surface area contributed by atoms with Crippen LogP contribution < -0.4 is 5.32 Å². The van der Waals surface area contributed by atoms with Gasteiger partial charge >= 0.3 is 6.18 Å². The van der Waals surface area contributed by atoms with Gasteiger partial charge < -0.3 is 5.32 Å². The highest BCUT2D eigenvalue weighted by Crippen LogP contribution is 2.31. The van der Waals surface area contributed by atoms with Crippen molar-refractivity contribution in [3.05, 3.63) is 35.1 Å². The quantitative estimate of drug-likeness (QED) is 0.661. The number of Topliss-reactive ketones (excluding diaryl/α,β-unsaturated/α-hetero) is 1. The van der Waals surface area contributed by atoms with E-state index in [1.54, 1.807) is 0 Å². The minimum absolute atomic E-state index is 0.0152. The van der Waals surface area contributed by atoms with Gasteiger partial charge in [-0.3, -0.25) is 4.79 Å². The SMILES string of the molecule is O=C(CNCC1CC1)c1ccc(C(F)(F)F)c(F)c1. The molecule has 0 heterocycles. The number of rotatable bonds is 5. The third-order valence-corrected chi connectivity index (χ3v) is 3.01. The van der Waals surface area contributed by atoms with Crippen molar-refractivity contribution in [3.63, 3.8) is 0 Å². The van der Waals surface area contributed by atoms with E-state index in [1.807, 2.05) is 0 Å². The lowest BCUT2D eigenvalue weighted by Gasteiger charge is -2.09. The molecule has 0 bridgehead atoms. The standard InChI is InChI=1S/C13H13F4NO/c14-11-5-9(3-4-10(11)13(15,16)17)12(19)7-18-6-8-1-2-8/h3-5,8,18H,1-2,6-7H2. The van der Waals surface area contributed by atoms with Crippen LogP contribution in [0.5, 0.6) is 0 Å². The summed E-state index contributed by atoms with van der Waals surface area (Å²) in [6, 6.07) is 2.25. The molecule has 6 heteroatoms. The third-order valence-electron chi connectivity index (χ3n) is 3.01. The van der Waals surface area contributed by atoms with Gasteiger partial charge in [-0.1, -0.05) is 6.07 Å². The van der Waals surface area contributed by atoms with E-state index in [0.29, 0.717) is 18.1 Å². The van der Waals surface area contributed by atoms with Crippen LogP contribution in [0.25, 0.3) is 0 Å². The van der Waals surface area contributed by atoms with E-state index in [-0.39, 0.29) is 12.1 Å². The summed E-state index contributed by atoms with van der Waals surface area (Å²) in [6.45, 7) is 0.732. The Balaban J connectivity index is 1.99. The van der Waals surface area contributed by atoms with Crippen LogP contribution in [-0.4, -0.2) is 18.9 Å². The van der Waals surface area contributed by atoms with Crippen molar-refractivity contribution in [2.45, 2.75) is 19.0 Å². The minimum Gasteiger partial charge on any atom is -0.309 e. The zero-order chi connectivity index (χ0) is 14.0. The molecule has 2 nitrogen and oxygen atoms in total. The first-order chi connectivity index (χ1) is 8.88. The topological polar surface area (TPSA) is 29.1 Å². The molecule has 0 unspecified atom stereocenters. The average molecular weight is 275 g/mol. The number of benzene rings is 1. The number of alkyl halides is 3. The van der Waals surface area contributed by atoms with Gasteiger partial charge in [-0.15, -0.1) is 0 Å². The molecular weight excluding hydrogens is 262 g/mol. The molecule has 2 rings (SSSR count). The van der Waals surface area contributed by atoms with Crippen LogP contribution in [0.2, 0.25) is 0 Å². The summed E-state index contributed by atoms with van der Waals surface area (Å²) in [5.41, 5.74) is -1.40. The maximum atomic E-state index is 13.3. The van der Waals surface area contributed by atoms with Crippen molar-refractivity contribution >= 4 is 5.78 Å². The molecule has 1 aliphatic carbocycles. The van der Waals surface area contributed by atoms with Gasteiger partial charge in [-0.2, -0.15) is 13.2 Å². The molecule has 0 aromatic heterocycles. The normalized spacial score (nSPS) is 15.6. The van der Waals surface area contributed by atoms with Gasteiger partial charge in [0, 0.05) is 5.56 Å². The van der Waals surface area contributed by atoms with Crippen LogP contribution in [0, 0.1) is 11.7 Å². The zero-order valence-corrected chi connectivity index (χ0v) is 10.1.